The Bertz CT molecular complexity index is 656. The summed E-state index contributed by atoms with van der Waals surface area (Å²) >= 11 is 0. The minimum absolute atomic E-state index is 0.0123. The molecule has 2 saturated heterocycles. The molecule has 2 aliphatic heterocycles. The Morgan fingerprint density at radius 3 is 2.75 bits per heavy atom. The van der Waals surface area contributed by atoms with Gasteiger partial charge in [-0.3, -0.25) is 9.59 Å². The number of nitrogens with one attached hydrogen (secondary N) is 1. The van der Waals surface area contributed by atoms with Crippen LogP contribution in [0.5, 0.6) is 0 Å². The molecule has 128 valence electrons. The molecule has 0 aromatic heterocycles. The van der Waals surface area contributed by atoms with Crippen molar-refractivity contribution in [1.29, 1.82) is 0 Å². The summed E-state index contributed by atoms with van der Waals surface area (Å²) in [6.45, 7) is 3.30. The van der Waals surface area contributed by atoms with Gasteiger partial charge < -0.3 is 15.0 Å². The first-order valence-electron chi connectivity index (χ1n) is 8.92. The van der Waals surface area contributed by atoms with E-state index in [1.165, 1.54) is 0 Å². The topological polar surface area (TPSA) is 58.6 Å². The summed E-state index contributed by atoms with van der Waals surface area (Å²) in [7, 11) is 0. The van der Waals surface area contributed by atoms with Gasteiger partial charge in [-0.2, -0.15) is 0 Å². The lowest BCUT2D eigenvalue weighted by Gasteiger charge is -2.34. The highest BCUT2D eigenvalue weighted by Crippen LogP contribution is 2.34. The van der Waals surface area contributed by atoms with Gasteiger partial charge in [-0.15, -0.1) is 0 Å². The number of piperidine rings is 1. The van der Waals surface area contributed by atoms with Crippen LogP contribution in [0.15, 0.2) is 24.3 Å². The van der Waals surface area contributed by atoms with Crippen molar-refractivity contribution in [2.75, 3.05) is 13.1 Å². The first-order chi connectivity index (χ1) is 11.6. The number of amides is 2. The molecule has 2 heterocycles. The van der Waals surface area contributed by atoms with Crippen LogP contribution in [-0.2, 0) is 9.53 Å². The van der Waals surface area contributed by atoms with E-state index in [0.717, 1.165) is 43.4 Å². The van der Waals surface area contributed by atoms with Crippen molar-refractivity contribution in [1.82, 2.24) is 10.2 Å². The maximum atomic E-state index is 12.8. The van der Waals surface area contributed by atoms with Crippen molar-refractivity contribution in [3.63, 3.8) is 0 Å². The van der Waals surface area contributed by atoms with E-state index in [2.05, 4.69) is 5.32 Å². The smallest absolute Gasteiger partial charge is 0.254 e. The van der Waals surface area contributed by atoms with E-state index in [1.807, 2.05) is 36.1 Å². The number of hydrogen-bond acceptors (Lipinski definition) is 3. The SMILES string of the molecule is Cc1ccccc1C(=O)N1CC[C@H]2CC(C(=O)NC3CC3)O[C@H]2C1. The van der Waals surface area contributed by atoms with Gasteiger partial charge in [0.2, 0.25) is 5.91 Å². The normalized spacial score (nSPS) is 29.2. The second kappa shape index (κ2) is 6.20. The lowest BCUT2D eigenvalue weighted by Crippen LogP contribution is -2.45. The van der Waals surface area contributed by atoms with Crippen LogP contribution in [0.3, 0.4) is 0 Å². The predicted molar refractivity (Wildman–Crippen MR) is 89.6 cm³/mol. The quantitative estimate of drug-likeness (QED) is 0.922. The number of ether oxygens (including phenoxy) is 1. The highest BCUT2D eigenvalue weighted by molar-refractivity contribution is 5.95. The third-order valence-corrected chi connectivity index (χ3v) is 5.43. The Labute approximate surface area is 142 Å². The number of hydrogen-bond donors (Lipinski definition) is 1. The van der Waals surface area contributed by atoms with E-state index in [4.69, 9.17) is 4.74 Å². The van der Waals surface area contributed by atoms with Crippen LogP contribution in [0, 0.1) is 12.8 Å². The number of carbonyl (C=O) groups is 2. The number of carbonyl (C=O) groups excluding carboxylic acids is 2. The van der Waals surface area contributed by atoms with Crippen LogP contribution < -0.4 is 5.32 Å². The van der Waals surface area contributed by atoms with Gasteiger partial charge in [-0.05, 0) is 50.2 Å². The number of fused-ring (bicyclic) bond motifs is 1. The molecule has 0 spiro atoms. The molecule has 3 atom stereocenters. The van der Waals surface area contributed by atoms with E-state index in [0.29, 0.717) is 18.5 Å². The Hall–Kier alpha value is -1.88. The summed E-state index contributed by atoms with van der Waals surface area (Å²) in [5, 5.41) is 3.03. The standard InChI is InChI=1S/C19H24N2O3/c1-12-4-2-3-5-15(12)19(23)21-9-8-13-10-16(24-17(13)11-21)18(22)20-14-6-7-14/h2-5,13-14,16-17H,6-11H2,1H3,(H,20,22)/t13-,16?,17-/m0/s1. The van der Waals surface area contributed by atoms with Gasteiger partial charge in [0.1, 0.15) is 6.10 Å². The molecule has 1 aromatic carbocycles. The molecule has 3 fully saturated rings. The Morgan fingerprint density at radius 1 is 1.21 bits per heavy atom. The Balaban J connectivity index is 1.39. The zero-order valence-electron chi connectivity index (χ0n) is 14.0. The third kappa shape index (κ3) is 3.05. The molecular weight excluding hydrogens is 304 g/mol. The monoisotopic (exact) mass is 328 g/mol. The van der Waals surface area contributed by atoms with Crippen molar-refractivity contribution in [2.24, 2.45) is 5.92 Å². The van der Waals surface area contributed by atoms with Gasteiger partial charge >= 0.3 is 0 Å². The summed E-state index contributed by atoms with van der Waals surface area (Å²) in [4.78, 5) is 26.9. The fraction of sp³-hybridized carbons (Fsp3) is 0.579. The van der Waals surface area contributed by atoms with E-state index < -0.39 is 0 Å². The molecule has 1 unspecified atom stereocenters. The second-order valence-electron chi connectivity index (χ2n) is 7.30. The van der Waals surface area contributed by atoms with Crippen molar-refractivity contribution in [3.05, 3.63) is 35.4 Å². The number of likely N-dealkylation sites (tertiary alicyclic amines) is 1. The van der Waals surface area contributed by atoms with E-state index in [1.54, 1.807) is 0 Å². The molecule has 1 aromatic rings. The summed E-state index contributed by atoms with van der Waals surface area (Å²) in [5.41, 5.74) is 1.76. The second-order valence-corrected chi connectivity index (χ2v) is 7.30. The Kier molecular flexibility index (Phi) is 4.04. The molecule has 5 nitrogen and oxygen atoms in total. The fourth-order valence-corrected chi connectivity index (χ4v) is 3.79. The third-order valence-electron chi connectivity index (χ3n) is 5.43. The van der Waals surface area contributed by atoms with Crippen molar-refractivity contribution >= 4 is 11.8 Å². The molecule has 1 aliphatic carbocycles. The summed E-state index contributed by atoms with van der Waals surface area (Å²) < 4.78 is 6.00. The lowest BCUT2D eigenvalue weighted by atomic mass is 9.91. The van der Waals surface area contributed by atoms with Crippen LogP contribution in [0.2, 0.25) is 0 Å². The molecule has 24 heavy (non-hydrogen) atoms. The van der Waals surface area contributed by atoms with Crippen LogP contribution >= 0.6 is 0 Å². The highest BCUT2D eigenvalue weighted by Gasteiger charge is 2.43. The molecule has 0 bridgehead atoms. The molecule has 1 N–H and O–H groups in total. The molecular formula is C19H24N2O3. The first kappa shape index (κ1) is 15.6. The van der Waals surface area contributed by atoms with Crippen molar-refractivity contribution in [2.45, 2.75) is 50.9 Å². The highest BCUT2D eigenvalue weighted by atomic mass is 16.5. The van der Waals surface area contributed by atoms with Crippen LogP contribution in [-0.4, -0.2) is 48.1 Å². The van der Waals surface area contributed by atoms with Gasteiger partial charge in [-0.1, -0.05) is 18.2 Å². The van der Waals surface area contributed by atoms with E-state index in [-0.39, 0.29) is 24.0 Å². The van der Waals surface area contributed by atoms with Gasteiger partial charge in [0.15, 0.2) is 0 Å². The average molecular weight is 328 g/mol. The van der Waals surface area contributed by atoms with Gasteiger partial charge in [0, 0.05) is 24.7 Å². The van der Waals surface area contributed by atoms with Gasteiger partial charge in [0.25, 0.3) is 5.91 Å². The fourth-order valence-electron chi connectivity index (χ4n) is 3.79. The molecule has 3 aliphatic rings. The van der Waals surface area contributed by atoms with E-state index in [9.17, 15) is 9.59 Å². The molecule has 2 amide bonds. The summed E-state index contributed by atoms with van der Waals surface area (Å²) in [6.07, 6.45) is 3.52. The minimum Gasteiger partial charge on any atom is -0.363 e. The molecule has 5 heteroatoms. The lowest BCUT2D eigenvalue weighted by molar-refractivity contribution is -0.132. The summed E-state index contributed by atoms with van der Waals surface area (Å²) in [6, 6.07) is 8.05. The Morgan fingerprint density at radius 2 is 2.00 bits per heavy atom. The van der Waals surface area contributed by atoms with Crippen LogP contribution in [0.25, 0.3) is 0 Å². The van der Waals surface area contributed by atoms with E-state index >= 15 is 0 Å². The number of benzene rings is 1. The zero-order chi connectivity index (χ0) is 16.7. The van der Waals surface area contributed by atoms with Crippen LogP contribution in [0.4, 0.5) is 0 Å². The van der Waals surface area contributed by atoms with Crippen molar-refractivity contribution in [3.8, 4) is 0 Å². The number of nitrogens with zero attached hydrogens (tertiary/aromatic N) is 1. The van der Waals surface area contributed by atoms with Crippen molar-refractivity contribution < 1.29 is 14.3 Å². The van der Waals surface area contributed by atoms with Gasteiger partial charge in [-0.25, -0.2) is 0 Å². The minimum atomic E-state index is -0.339. The molecule has 4 rings (SSSR count). The zero-order valence-corrected chi connectivity index (χ0v) is 14.0. The average Bonchev–Trinajstić information content (AvgIpc) is 3.29. The molecule has 1 saturated carbocycles. The summed E-state index contributed by atoms with van der Waals surface area (Å²) in [5.74, 6) is 0.491. The van der Waals surface area contributed by atoms with Crippen LogP contribution in [0.1, 0.15) is 41.6 Å². The van der Waals surface area contributed by atoms with Gasteiger partial charge in [0.05, 0.1) is 6.10 Å². The maximum Gasteiger partial charge on any atom is 0.254 e. The molecule has 0 radical (unpaired) electrons. The number of rotatable bonds is 3. The first-order valence-corrected chi connectivity index (χ1v) is 8.92. The largest absolute Gasteiger partial charge is 0.363 e. The number of aryl methyl sites for hydroxylation is 1. The predicted octanol–water partition coefficient (Wildman–Crippen LogP) is 1.89. The maximum absolute atomic E-state index is 12.8.